The van der Waals surface area contributed by atoms with E-state index in [1.54, 1.807) is 0 Å². The lowest BCUT2D eigenvalue weighted by molar-refractivity contribution is -0.155. The Bertz CT molecular complexity index is 617. The van der Waals surface area contributed by atoms with Crippen molar-refractivity contribution in [2.45, 2.75) is 83.5 Å². The monoisotopic (exact) mass is 391 g/mol. The zero-order valence-electron chi connectivity index (χ0n) is 17.9. The van der Waals surface area contributed by atoms with E-state index in [2.05, 4.69) is 18.3 Å². The highest BCUT2D eigenvalue weighted by Gasteiger charge is 2.32. The third kappa shape index (κ3) is 7.19. The minimum absolute atomic E-state index is 0.0432. The number of ether oxygens (including phenoxy) is 2. The molecule has 1 aliphatic rings. The Hall–Kier alpha value is -1.43. The van der Waals surface area contributed by atoms with E-state index in [0.29, 0.717) is 19.4 Å². The van der Waals surface area contributed by atoms with Gasteiger partial charge in [-0.25, -0.2) is 0 Å². The quantitative estimate of drug-likeness (QED) is 0.628. The van der Waals surface area contributed by atoms with Crippen LogP contribution < -0.4 is 5.32 Å². The van der Waals surface area contributed by atoms with Crippen LogP contribution in [0, 0.1) is 0 Å². The largest absolute Gasteiger partial charge is 0.460 e. The number of esters is 1. The normalized spacial score (nSPS) is 17.9. The number of nitrogens with one attached hydrogen (secondary N) is 1. The molecular weight excluding hydrogens is 354 g/mol. The molecule has 0 amide bonds. The molecule has 158 valence electrons. The van der Waals surface area contributed by atoms with Gasteiger partial charge in [-0.1, -0.05) is 31.2 Å². The fourth-order valence-corrected chi connectivity index (χ4v) is 3.71. The van der Waals surface area contributed by atoms with Gasteiger partial charge in [0.2, 0.25) is 0 Å². The van der Waals surface area contributed by atoms with E-state index in [9.17, 15) is 9.90 Å². The molecule has 1 atom stereocenters. The molecule has 1 saturated heterocycles. The second kappa shape index (κ2) is 10.4. The molecule has 1 aromatic rings. The Morgan fingerprint density at radius 1 is 1.25 bits per heavy atom. The summed E-state index contributed by atoms with van der Waals surface area (Å²) in [6, 6.07) is 8.14. The van der Waals surface area contributed by atoms with Crippen molar-refractivity contribution in [1.29, 1.82) is 0 Å². The zero-order valence-corrected chi connectivity index (χ0v) is 17.9. The van der Waals surface area contributed by atoms with Crippen molar-refractivity contribution in [1.82, 2.24) is 5.32 Å². The van der Waals surface area contributed by atoms with Crippen molar-refractivity contribution in [3.05, 3.63) is 35.4 Å². The molecule has 28 heavy (non-hydrogen) atoms. The second-order valence-corrected chi connectivity index (χ2v) is 8.71. The highest BCUT2D eigenvalue weighted by molar-refractivity contribution is 5.69. The van der Waals surface area contributed by atoms with Crippen molar-refractivity contribution in [3.8, 4) is 0 Å². The number of carbonyl (C=O) groups is 1. The van der Waals surface area contributed by atoms with Crippen LogP contribution in [0.2, 0.25) is 0 Å². The van der Waals surface area contributed by atoms with Crippen LogP contribution in [0.1, 0.15) is 70.9 Å². The molecule has 1 aromatic carbocycles. The zero-order chi connectivity index (χ0) is 20.6. The maximum absolute atomic E-state index is 11.9. The van der Waals surface area contributed by atoms with Crippen molar-refractivity contribution in [2.75, 3.05) is 19.7 Å². The Morgan fingerprint density at radius 2 is 1.93 bits per heavy atom. The summed E-state index contributed by atoms with van der Waals surface area (Å²) in [4.78, 5) is 11.9. The summed E-state index contributed by atoms with van der Waals surface area (Å²) < 4.78 is 11.4. The van der Waals surface area contributed by atoms with Gasteiger partial charge in [-0.05, 0) is 77.1 Å². The van der Waals surface area contributed by atoms with Crippen LogP contribution in [-0.4, -0.2) is 42.5 Å². The van der Waals surface area contributed by atoms with Crippen LogP contribution in [0.4, 0.5) is 0 Å². The van der Waals surface area contributed by atoms with Gasteiger partial charge in [-0.3, -0.25) is 4.79 Å². The number of aliphatic hydroxyl groups is 1. The first kappa shape index (κ1) is 22.9. The minimum Gasteiger partial charge on any atom is -0.460 e. The molecule has 0 aliphatic carbocycles. The van der Waals surface area contributed by atoms with Gasteiger partial charge in [0, 0.05) is 6.42 Å². The Kier molecular flexibility index (Phi) is 8.47. The first-order valence-corrected chi connectivity index (χ1v) is 10.6. The second-order valence-electron chi connectivity index (χ2n) is 8.71. The highest BCUT2D eigenvalue weighted by Crippen LogP contribution is 2.33. The summed E-state index contributed by atoms with van der Waals surface area (Å²) in [6.45, 7) is 9.97. The van der Waals surface area contributed by atoms with Crippen molar-refractivity contribution >= 4 is 5.97 Å². The van der Waals surface area contributed by atoms with Gasteiger partial charge >= 0.3 is 5.97 Å². The van der Waals surface area contributed by atoms with E-state index in [1.807, 2.05) is 39.0 Å². The lowest BCUT2D eigenvalue weighted by Gasteiger charge is -2.34. The lowest BCUT2D eigenvalue weighted by atomic mass is 9.82. The van der Waals surface area contributed by atoms with E-state index in [4.69, 9.17) is 9.47 Å². The molecule has 0 spiro atoms. The molecule has 1 aliphatic heterocycles. The van der Waals surface area contributed by atoms with Crippen molar-refractivity contribution in [2.24, 2.45) is 0 Å². The molecule has 2 N–H and O–H groups in total. The van der Waals surface area contributed by atoms with Gasteiger partial charge < -0.3 is 19.9 Å². The van der Waals surface area contributed by atoms with Crippen LogP contribution >= 0.6 is 0 Å². The van der Waals surface area contributed by atoms with Crippen LogP contribution in [0.3, 0.4) is 0 Å². The molecule has 2 rings (SSSR count). The Balaban J connectivity index is 1.86. The topological polar surface area (TPSA) is 67.8 Å². The molecule has 5 heteroatoms. The molecule has 0 aromatic heterocycles. The number of benzene rings is 1. The smallest absolute Gasteiger partial charge is 0.306 e. The molecule has 0 radical (unpaired) electrons. The summed E-state index contributed by atoms with van der Waals surface area (Å²) in [6.07, 6.45) is 4.18. The van der Waals surface area contributed by atoms with E-state index in [0.717, 1.165) is 49.9 Å². The summed E-state index contributed by atoms with van der Waals surface area (Å²) in [5.41, 5.74) is 0.983. The van der Waals surface area contributed by atoms with E-state index in [-0.39, 0.29) is 12.1 Å². The number of piperidine rings is 1. The Morgan fingerprint density at radius 3 is 2.57 bits per heavy atom. The molecule has 1 unspecified atom stereocenters. The standard InChI is InChI=1S/C23H37NO4/c1-5-19(10-11-21(25)28-22(2,3)4)27-17-12-18-8-6-7-9-20(18)23(26)13-15-24-16-14-23/h6-9,19,24,26H,5,10-17H2,1-4H3. The number of hydrogen-bond donors (Lipinski definition) is 2. The third-order valence-corrected chi connectivity index (χ3v) is 5.22. The van der Waals surface area contributed by atoms with E-state index in [1.165, 1.54) is 0 Å². The minimum atomic E-state index is -0.747. The van der Waals surface area contributed by atoms with Gasteiger partial charge in [0.15, 0.2) is 0 Å². The predicted molar refractivity (Wildman–Crippen MR) is 111 cm³/mol. The van der Waals surface area contributed by atoms with Gasteiger partial charge in [0.05, 0.1) is 18.3 Å². The molecule has 1 heterocycles. The molecule has 0 saturated carbocycles. The van der Waals surface area contributed by atoms with Crippen LogP contribution in [0.15, 0.2) is 24.3 Å². The van der Waals surface area contributed by atoms with Crippen molar-refractivity contribution in [3.63, 3.8) is 0 Å². The van der Waals surface area contributed by atoms with Gasteiger partial charge in [0.25, 0.3) is 0 Å². The van der Waals surface area contributed by atoms with Gasteiger partial charge in [-0.15, -0.1) is 0 Å². The maximum atomic E-state index is 11.9. The van der Waals surface area contributed by atoms with Gasteiger partial charge in [0.1, 0.15) is 5.60 Å². The fraction of sp³-hybridized carbons (Fsp3) is 0.696. The lowest BCUT2D eigenvalue weighted by Crippen LogP contribution is -2.40. The average molecular weight is 392 g/mol. The molecule has 0 bridgehead atoms. The number of rotatable bonds is 9. The first-order valence-electron chi connectivity index (χ1n) is 10.6. The van der Waals surface area contributed by atoms with Crippen molar-refractivity contribution < 1.29 is 19.4 Å². The van der Waals surface area contributed by atoms with Crippen LogP contribution in [0.5, 0.6) is 0 Å². The summed E-state index contributed by atoms with van der Waals surface area (Å²) >= 11 is 0. The average Bonchev–Trinajstić information content (AvgIpc) is 2.64. The number of carbonyl (C=O) groups excluding carboxylic acids is 1. The third-order valence-electron chi connectivity index (χ3n) is 5.22. The molecular formula is C23H37NO4. The summed E-state index contributed by atoms with van der Waals surface area (Å²) in [5, 5.41) is 14.4. The fourth-order valence-electron chi connectivity index (χ4n) is 3.71. The highest BCUT2D eigenvalue weighted by atomic mass is 16.6. The molecule has 5 nitrogen and oxygen atoms in total. The number of hydrogen-bond acceptors (Lipinski definition) is 5. The van der Waals surface area contributed by atoms with Crippen LogP contribution in [-0.2, 0) is 26.3 Å². The summed E-state index contributed by atoms with van der Waals surface area (Å²) in [5.74, 6) is -0.173. The van der Waals surface area contributed by atoms with E-state index >= 15 is 0 Å². The molecule has 1 fully saturated rings. The van der Waals surface area contributed by atoms with E-state index < -0.39 is 11.2 Å². The predicted octanol–water partition coefficient (Wildman–Crippen LogP) is 3.72. The maximum Gasteiger partial charge on any atom is 0.306 e. The first-order chi connectivity index (χ1) is 13.2. The summed E-state index contributed by atoms with van der Waals surface area (Å²) in [7, 11) is 0. The SMILES string of the molecule is CCC(CCC(=O)OC(C)(C)C)OCCc1ccccc1C1(O)CCNCC1. The van der Waals surface area contributed by atoms with Crippen LogP contribution in [0.25, 0.3) is 0 Å². The van der Waals surface area contributed by atoms with Gasteiger partial charge in [-0.2, -0.15) is 0 Å². The Labute approximate surface area is 169 Å².